The molecule has 1 aromatic carbocycles. The van der Waals surface area contributed by atoms with Crippen LogP contribution in [-0.4, -0.2) is 11.3 Å². The standard InChI is InChI=1S/C13H12N2O/c14-13-6-5-12(9-15-13)11-3-1-10(2-4-11)7-8-16/h1-6,8-9H,7H2,(H2,14,15). The van der Waals surface area contributed by atoms with E-state index < -0.39 is 0 Å². The SMILES string of the molecule is Nc1ccc(-c2ccc(CC=O)cc2)cn1. The quantitative estimate of drug-likeness (QED) is 0.792. The van der Waals surface area contributed by atoms with Gasteiger partial charge >= 0.3 is 0 Å². The highest BCUT2D eigenvalue weighted by molar-refractivity contribution is 5.64. The molecule has 0 spiro atoms. The Balaban J connectivity index is 2.27. The van der Waals surface area contributed by atoms with Gasteiger partial charge < -0.3 is 10.5 Å². The Bertz CT molecular complexity index is 474. The second-order valence-corrected chi connectivity index (χ2v) is 3.54. The number of benzene rings is 1. The molecule has 80 valence electrons. The highest BCUT2D eigenvalue weighted by Crippen LogP contribution is 2.19. The average Bonchev–Trinajstić information content (AvgIpc) is 2.32. The Morgan fingerprint density at radius 3 is 2.31 bits per heavy atom. The molecule has 1 heterocycles. The molecule has 16 heavy (non-hydrogen) atoms. The van der Waals surface area contributed by atoms with Crippen molar-refractivity contribution in [1.29, 1.82) is 0 Å². The molecule has 0 aliphatic carbocycles. The Labute approximate surface area is 93.9 Å². The summed E-state index contributed by atoms with van der Waals surface area (Å²) in [6.45, 7) is 0. The van der Waals surface area contributed by atoms with Gasteiger partial charge in [-0.2, -0.15) is 0 Å². The van der Waals surface area contributed by atoms with Gasteiger partial charge in [-0.1, -0.05) is 24.3 Å². The maximum atomic E-state index is 10.3. The highest BCUT2D eigenvalue weighted by atomic mass is 16.1. The summed E-state index contributed by atoms with van der Waals surface area (Å²) in [5, 5.41) is 0. The molecule has 3 nitrogen and oxygen atoms in total. The van der Waals surface area contributed by atoms with E-state index in [0.717, 1.165) is 23.0 Å². The van der Waals surface area contributed by atoms with Crippen LogP contribution in [0.3, 0.4) is 0 Å². The first-order chi connectivity index (χ1) is 7.79. The van der Waals surface area contributed by atoms with Crippen molar-refractivity contribution < 1.29 is 4.79 Å². The van der Waals surface area contributed by atoms with Crippen LogP contribution in [0.25, 0.3) is 11.1 Å². The molecule has 0 saturated heterocycles. The molecule has 2 N–H and O–H groups in total. The van der Waals surface area contributed by atoms with Crippen molar-refractivity contribution in [2.45, 2.75) is 6.42 Å². The minimum Gasteiger partial charge on any atom is -0.384 e. The maximum absolute atomic E-state index is 10.3. The summed E-state index contributed by atoms with van der Waals surface area (Å²) in [5.74, 6) is 0.515. The summed E-state index contributed by atoms with van der Waals surface area (Å²) in [6, 6.07) is 11.5. The van der Waals surface area contributed by atoms with E-state index in [1.165, 1.54) is 0 Å². The van der Waals surface area contributed by atoms with Gasteiger partial charge in [0.15, 0.2) is 0 Å². The Kier molecular flexibility index (Phi) is 2.96. The van der Waals surface area contributed by atoms with E-state index in [0.29, 0.717) is 12.2 Å². The Morgan fingerprint density at radius 2 is 1.75 bits per heavy atom. The van der Waals surface area contributed by atoms with Crippen LogP contribution in [0.1, 0.15) is 5.56 Å². The van der Waals surface area contributed by atoms with Crippen molar-refractivity contribution in [3.8, 4) is 11.1 Å². The van der Waals surface area contributed by atoms with E-state index in [9.17, 15) is 4.79 Å². The zero-order valence-corrected chi connectivity index (χ0v) is 8.76. The number of hydrogen-bond donors (Lipinski definition) is 1. The van der Waals surface area contributed by atoms with Gasteiger partial charge in [-0.25, -0.2) is 4.98 Å². The monoisotopic (exact) mass is 212 g/mol. The first kappa shape index (κ1) is 10.4. The first-order valence-corrected chi connectivity index (χ1v) is 5.04. The van der Waals surface area contributed by atoms with Crippen molar-refractivity contribution in [2.24, 2.45) is 0 Å². The predicted molar refractivity (Wildman–Crippen MR) is 63.9 cm³/mol. The minimum absolute atomic E-state index is 0.459. The summed E-state index contributed by atoms with van der Waals surface area (Å²) >= 11 is 0. The molecule has 0 unspecified atom stereocenters. The molecular formula is C13H12N2O. The Hall–Kier alpha value is -2.16. The third-order valence-corrected chi connectivity index (χ3v) is 2.39. The lowest BCUT2D eigenvalue weighted by molar-refractivity contribution is -0.107. The van der Waals surface area contributed by atoms with Crippen LogP contribution in [0, 0.1) is 0 Å². The van der Waals surface area contributed by atoms with Crippen LogP contribution in [0.5, 0.6) is 0 Å². The molecule has 0 aliphatic rings. The lowest BCUT2D eigenvalue weighted by Gasteiger charge is -2.02. The fraction of sp³-hybridized carbons (Fsp3) is 0.0769. The van der Waals surface area contributed by atoms with Gasteiger partial charge in [0.2, 0.25) is 0 Å². The molecular weight excluding hydrogens is 200 g/mol. The normalized spacial score (nSPS) is 10.0. The number of aldehydes is 1. The van der Waals surface area contributed by atoms with E-state index in [-0.39, 0.29) is 0 Å². The Morgan fingerprint density at radius 1 is 1.06 bits per heavy atom. The van der Waals surface area contributed by atoms with E-state index in [1.807, 2.05) is 30.3 Å². The summed E-state index contributed by atoms with van der Waals surface area (Å²) in [5.41, 5.74) is 8.63. The first-order valence-electron chi connectivity index (χ1n) is 5.04. The fourth-order valence-corrected chi connectivity index (χ4v) is 1.51. The number of hydrogen-bond acceptors (Lipinski definition) is 3. The second-order valence-electron chi connectivity index (χ2n) is 3.54. The van der Waals surface area contributed by atoms with Crippen LogP contribution < -0.4 is 5.73 Å². The number of rotatable bonds is 3. The summed E-state index contributed by atoms with van der Waals surface area (Å²) in [6.07, 6.45) is 3.10. The number of carbonyl (C=O) groups is 1. The van der Waals surface area contributed by atoms with Gasteiger partial charge in [-0.3, -0.25) is 0 Å². The largest absolute Gasteiger partial charge is 0.384 e. The molecule has 2 rings (SSSR count). The van der Waals surface area contributed by atoms with E-state index in [2.05, 4.69) is 4.98 Å². The van der Waals surface area contributed by atoms with Crippen LogP contribution in [0.2, 0.25) is 0 Å². The van der Waals surface area contributed by atoms with E-state index >= 15 is 0 Å². The number of nitrogens with two attached hydrogens (primary N) is 1. The number of nitrogens with zero attached hydrogens (tertiary/aromatic N) is 1. The molecule has 0 saturated carbocycles. The number of carbonyl (C=O) groups excluding carboxylic acids is 1. The molecule has 1 aromatic heterocycles. The second kappa shape index (κ2) is 4.57. The zero-order chi connectivity index (χ0) is 11.4. The van der Waals surface area contributed by atoms with Gasteiger partial charge in [-0.15, -0.1) is 0 Å². The lowest BCUT2D eigenvalue weighted by Crippen LogP contribution is -1.89. The maximum Gasteiger partial charge on any atom is 0.124 e. The fourth-order valence-electron chi connectivity index (χ4n) is 1.51. The molecule has 0 atom stereocenters. The van der Waals surface area contributed by atoms with Gasteiger partial charge in [0.05, 0.1) is 0 Å². The van der Waals surface area contributed by atoms with E-state index in [4.69, 9.17) is 5.73 Å². The van der Waals surface area contributed by atoms with Crippen LogP contribution in [0.4, 0.5) is 5.82 Å². The number of aromatic nitrogens is 1. The third kappa shape index (κ3) is 2.25. The van der Waals surface area contributed by atoms with Crippen LogP contribution >= 0.6 is 0 Å². The number of nitrogen functional groups attached to an aromatic ring is 1. The molecule has 0 aliphatic heterocycles. The number of anilines is 1. The van der Waals surface area contributed by atoms with Crippen molar-refractivity contribution in [3.63, 3.8) is 0 Å². The van der Waals surface area contributed by atoms with Crippen LogP contribution in [-0.2, 0) is 11.2 Å². The predicted octanol–water partition coefficient (Wildman–Crippen LogP) is 2.07. The third-order valence-electron chi connectivity index (χ3n) is 2.39. The number of pyridine rings is 1. The zero-order valence-electron chi connectivity index (χ0n) is 8.76. The average molecular weight is 212 g/mol. The van der Waals surface area contributed by atoms with Crippen LogP contribution in [0.15, 0.2) is 42.6 Å². The van der Waals surface area contributed by atoms with Gasteiger partial charge in [0.25, 0.3) is 0 Å². The highest BCUT2D eigenvalue weighted by Gasteiger charge is 1.98. The van der Waals surface area contributed by atoms with Crippen molar-refractivity contribution in [1.82, 2.24) is 4.98 Å². The molecule has 0 fully saturated rings. The molecule has 3 heteroatoms. The van der Waals surface area contributed by atoms with E-state index in [1.54, 1.807) is 12.3 Å². The molecule has 2 aromatic rings. The van der Waals surface area contributed by atoms with Crippen molar-refractivity contribution in [3.05, 3.63) is 48.2 Å². The summed E-state index contributed by atoms with van der Waals surface area (Å²) < 4.78 is 0. The molecule has 0 bridgehead atoms. The smallest absolute Gasteiger partial charge is 0.124 e. The van der Waals surface area contributed by atoms with Crippen molar-refractivity contribution >= 4 is 12.1 Å². The molecule has 0 amide bonds. The van der Waals surface area contributed by atoms with Gasteiger partial charge in [0, 0.05) is 18.2 Å². The molecule has 0 radical (unpaired) electrons. The minimum atomic E-state index is 0.459. The lowest BCUT2D eigenvalue weighted by atomic mass is 10.0. The summed E-state index contributed by atoms with van der Waals surface area (Å²) in [4.78, 5) is 14.4. The van der Waals surface area contributed by atoms with Gasteiger partial charge in [0.1, 0.15) is 12.1 Å². The summed E-state index contributed by atoms with van der Waals surface area (Å²) in [7, 11) is 0. The van der Waals surface area contributed by atoms with Crippen molar-refractivity contribution in [2.75, 3.05) is 5.73 Å². The topological polar surface area (TPSA) is 56.0 Å². The van der Waals surface area contributed by atoms with Gasteiger partial charge in [-0.05, 0) is 23.3 Å².